The third kappa shape index (κ3) is 8.38. The number of rotatable bonds is 9. The van der Waals surface area contributed by atoms with Crippen molar-refractivity contribution >= 4 is 17.9 Å². The van der Waals surface area contributed by atoms with Crippen LogP contribution >= 0.6 is 0 Å². The first-order chi connectivity index (χ1) is 11.8. The molecule has 5 nitrogen and oxygen atoms in total. The van der Waals surface area contributed by atoms with Gasteiger partial charge in [-0.15, -0.1) is 0 Å². The van der Waals surface area contributed by atoms with Crippen molar-refractivity contribution < 1.29 is 14.7 Å². The standard InChI is InChI=1S/C20H30N2O3/c1-14(2)8-10-21-19(24)18(20(25)22-11-9-15(3)4)13-16-6-5-7-17(23)12-16/h5-7,12-15,23H,8-11H2,1-4H3,(H,21,24)(H,22,25). The highest BCUT2D eigenvalue weighted by Crippen LogP contribution is 2.14. The lowest BCUT2D eigenvalue weighted by molar-refractivity contribution is -0.123. The van der Waals surface area contributed by atoms with Gasteiger partial charge in [0.1, 0.15) is 11.3 Å². The fourth-order valence-electron chi connectivity index (χ4n) is 2.15. The number of phenols is 1. The lowest BCUT2D eigenvalue weighted by atomic mass is 10.1. The van der Waals surface area contributed by atoms with E-state index in [1.54, 1.807) is 18.2 Å². The van der Waals surface area contributed by atoms with Gasteiger partial charge in [0.2, 0.25) is 0 Å². The Bertz CT molecular complexity index is 579. The Labute approximate surface area is 150 Å². The minimum atomic E-state index is -0.397. The van der Waals surface area contributed by atoms with Crippen molar-refractivity contribution in [3.63, 3.8) is 0 Å². The summed E-state index contributed by atoms with van der Waals surface area (Å²) in [5.41, 5.74) is 0.658. The van der Waals surface area contributed by atoms with Crippen LogP contribution in [0.3, 0.4) is 0 Å². The molecule has 0 saturated carbocycles. The number of phenolic OH excluding ortho intramolecular Hbond substituents is 1. The van der Waals surface area contributed by atoms with Crippen LogP contribution in [0, 0.1) is 11.8 Å². The number of nitrogens with one attached hydrogen (secondary N) is 2. The maximum Gasteiger partial charge on any atom is 0.256 e. The first-order valence-electron chi connectivity index (χ1n) is 8.86. The zero-order valence-electron chi connectivity index (χ0n) is 15.6. The largest absolute Gasteiger partial charge is 0.508 e. The van der Waals surface area contributed by atoms with Crippen LogP contribution in [0.15, 0.2) is 29.8 Å². The first-order valence-corrected chi connectivity index (χ1v) is 8.86. The smallest absolute Gasteiger partial charge is 0.256 e. The number of amides is 2. The van der Waals surface area contributed by atoms with Crippen LogP contribution in [-0.4, -0.2) is 30.0 Å². The summed E-state index contributed by atoms with van der Waals surface area (Å²) in [5.74, 6) is 0.239. The predicted molar refractivity (Wildman–Crippen MR) is 101 cm³/mol. The fourth-order valence-corrected chi connectivity index (χ4v) is 2.15. The van der Waals surface area contributed by atoms with E-state index in [0.717, 1.165) is 12.8 Å². The minimum Gasteiger partial charge on any atom is -0.508 e. The van der Waals surface area contributed by atoms with E-state index in [1.807, 2.05) is 0 Å². The minimum absolute atomic E-state index is 0.0538. The third-order valence-corrected chi connectivity index (χ3v) is 3.68. The average molecular weight is 346 g/mol. The molecule has 2 amide bonds. The maximum atomic E-state index is 12.4. The highest BCUT2D eigenvalue weighted by Gasteiger charge is 2.18. The van der Waals surface area contributed by atoms with Gasteiger partial charge in [-0.25, -0.2) is 0 Å². The summed E-state index contributed by atoms with van der Waals surface area (Å²) < 4.78 is 0. The molecule has 1 rings (SSSR count). The monoisotopic (exact) mass is 346 g/mol. The topological polar surface area (TPSA) is 78.4 Å². The Kier molecular flexibility index (Phi) is 8.75. The summed E-state index contributed by atoms with van der Waals surface area (Å²) in [7, 11) is 0. The van der Waals surface area contributed by atoms with Crippen LogP contribution in [0.5, 0.6) is 5.75 Å². The van der Waals surface area contributed by atoms with E-state index in [-0.39, 0.29) is 11.3 Å². The maximum absolute atomic E-state index is 12.4. The highest BCUT2D eigenvalue weighted by molar-refractivity contribution is 6.21. The number of hydrogen-bond donors (Lipinski definition) is 3. The summed E-state index contributed by atoms with van der Waals surface area (Å²) in [4.78, 5) is 24.9. The van der Waals surface area contributed by atoms with Crippen molar-refractivity contribution in [2.24, 2.45) is 11.8 Å². The SMILES string of the molecule is CC(C)CCNC(=O)C(=Cc1cccc(O)c1)C(=O)NCCC(C)C. The van der Waals surface area contributed by atoms with Crippen LogP contribution in [-0.2, 0) is 9.59 Å². The van der Waals surface area contributed by atoms with E-state index in [9.17, 15) is 14.7 Å². The molecule has 0 fully saturated rings. The highest BCUT2D eigenvalue weighted by atomic mass is 16.3. The van der Waals surface area contributed by atoms with E-state index in [2.05, 4.69) is 38.3 Å². The second-order valence-electron chi connectivity index (χ2n) is 7.03. The van der Waals surface area contributed by atoms with Gasteiger partial charge >= 0.3 is 0 Å². The molecule has 0 radical (unpaired) electrons. The number of benzene rings is 1. The number of carbonyl (C=O) groups excluding carboxylic acids is 2. The van der Waals surface area contributed by atoms with E-state index in [1.165, 1.54) is 12.1 Å². The Hall–Kier alpha value is -2.30. The van der Waals surface area contributed by atoms with E-state index in [0.29, 0.717) is 30.5 Å². The van der Waals surface area contributed by atoms with Gasteiger partial charge in [-0.05, 0) is 48.4 Å². The summed E-state index contributed by atoms with van der Waals surface area (Å²) in [6.07, 6.45) is 3.20. The van der Waals surface area contributed by atoms with Crippen molar-refractivity contribution in [1.29, 1.82) is 0 Å². The number of aromatic hydroxyl groups is 1. The molecule has 0 heterocycles. The van der Waals surface area contributed by atoms with Crippen molar-refractivity contribution in [2.75, 3.05) is 13.1 Å². The van der Waals surface area contributed by atoms with Crippen LogP contribution in [0.2, 0.25) is 0 Å². The van der Waals surface area contributed by atoms with Gasteiger partial charge in [0.15, 0.2) is 0 Å². The molecule has 138 valence electrons. The zero-order chi connectivity index (χ0) is 18.8. The molecule has 3 N–H and O–H groups in total. The van der Waals surface area contributed by atoms with Gasteiger partial charge in [0.25, 0.3) is 11.8 Å². The van der Waals surface area contributed by atoms with E-state index >= 15 is 0 Å². The summed E-state index contributed by atoms with van der Waals surface area (Å²) in [5, 5.41) is 15.2. The Morgan fingerprint density at radius 2 is 1.52 bits per heavy atom. The van der Waals surface area contributed by atoms with Crippen LogP contribution < -0.4 is 10.6 Å². The quantitative estimate of drug-likeness (QED) is 0.365. The molecule has 1 aromatic carbocycles. The number of carbonyl (C=O) groups is 2. The Morgan fingerprint density at radius 1 is 1.00 bits per heavy atom. The van der Waals surface area contributed by atoms with Gasteiger partial charge in [-0.3, -0.25) is 9.59 Å². The van der Waals surface area contributed by atoms with Crippen molar-refractivity contribution in [3.05, 3.63) is 35.4 Å². The van der Waals surface area contributed by atoms with Crippen LogP contribution in [0.4, 0.5) is 0 Å². The molecule has 0 spiro atoms. The van der Waals surface area contributed by atoms with Gasteiger partial charge < -0.3 is 15.7 Å². The predicted octanol–water partition coefficient (Wildman–Crippen LogP) is 3.10. The van der Waals surface area contributed by atoms with Crippen molar-refractivity contribution in [2.45, 2.75) is 40.5 Å². The molecule has 0 atom stereocenters. The molecule has 0 aliphatic heterocycles. The normalized spacial score (nSPS) is 10.6. The van der Waals surface area contributed by atoms with Crippen molar-refractivity contribution in [3.8, 4) is 5.75 Å². The molecule has 0 aromatic heterocycles. The summed E-state index contributed by atoms with van der Waals surface area (Å²) >= 11 is 0. The lowest BCUT2D eigenvalue weighted by Gasteiger charge is -2.12. The molecular formula is C20H30N2O3. The van der Waals surface area contributed by atoms with Gasteiger partial charge in [-0.1, -0.05) is 39.8 Å². The van der Waals surface area contributed by atoms with Crippen LogP contribution in [0.25, 0.3) is 6.08 Å². The average Bonchev–Trinajstić information content (AvgIpc) is 2.51. The second-order valence-corrected chi connectivity index (χ2v) is 7.03. The van der Waals surface area contributed by atoms with Gasteiger partial charge in [-0.2, -0.15) is 0 Å². The summed E-state index contributed by atoms with van der Waals surface area (Å²) in [6, 6.07) is 6.47. The molecule has 5 heteroatoms. The summed E-state index contributed by atoms with van der Waals surface area (Å²) in [6.45, 7) is 9.35. The lowest BCUT2D eigenvalue weighted by Crippen LogP contribution is -2.36. The van der Waals surface area contributed by atoms with E-state index < -0.39 is 11.8 Å². The molecule has 0 aliphatic rings. The van der Waals surface area contributed by atoms with E-state index in [4.69, 9.17) is 0 Å². The second kappa shape index (κ2) is 10.5. The fraction of sp³-hybridized carbons (Fsp3) is 0.500. The molecule has 0 saturated heterocycles. The zero-order valence-corrected chi connectivity index (χ0v) is 15.6. The van der Waals surface area contributed by atoms with Gasteiger partial charge in [0, 0.05) is 13.1 Å². The molecule has 25 heavy (non-hydrogen) atoms. The Morgan fingerprint density at radius 3 is 1.96 bits per heavy atom. The van der Waals surface area contributed by atoms with Crippen LogP contribution in [0.1, 0.15) is 46.1 Å². The number of hydrogen-bond acceptors (Lipinski definition) is 3. The van der Waals surface area contributed by atoms with Crippen molar-refractivity contribution in [1.82, 2.24) is 10.6 Å². The molecule has 0 bridgehead atoms. The van der Waals surface area contributed by atoms with Gasteiger partial charge in [0.05, 0.1) is 0 Å². The molecule has 1 aromatic rings. The molecule has 0 aliphatic carbocycles. The first kappa shape index (κ1) is 20.7. The Balaban J connectivity index is 2.89. The molecule has 0 unspecified atom stereocenters. The third-order valence-electron chi connectivity index (χ3n) is 3.68. The molecular weight excluding hydrogens is 316 g/mol.